The van der Waals surface area contributed by atoms with Gasteiger partial charge in [0.25, 0.3) is 0 Å². The highest BCUT2D eigenvalue weighted by molar-refractivity contribution is 3.87. The first-order chi connectivity index (χ1) is 2.00. The smallest absolute Gasteiger partial charge is 0.0675 e. The first kappa shape index (κ1) is 9.33. The topological polar surface area (TPSA) is 28.5 Å². The van der Waals surface area contributed by atoms with Crippen LogP contribution in [-0.2, 0) is 5.48 Å². The Kier molecular flexibility index (Phi) is 3.35. The Morgan fingerprint density at radius 1 is 0.833 bits per heavy atom. The maximum Gasteiger partial charge on any atom is 0.0675 e. The van der Waals surface area contributed by atoms with Crippen molar-refractivity contribution < 1.29 is 9.96 Å². The second-order valence-electron chi connectivity index (χ2n) is 2.68. The summed E-state index contributed by atoms with van der Waals surface area (Å²) < 4.78 is 1.00. The summed E-state index contributed by atoms with van der Waals surface area (Å²) in [6.45, 7) is 0. The van der Waals surface area contributed by atoms with Crippen molar-refractivity contribution in [2.45, 2.75) is 0 Å². The van der Waals surface area contributed by atoms with E-state index in [9.17, 15) is 0 Å². The van der Waals surface area contributed by atoms with Crippen molar-refractivity contribution >= 4 is 0 Å². The van der Waals surface area contributed by atoms with Crippen molar-refractivity contribution in [2.75, 3.05) is 28.2 Å². The van der Waals surface area contributed by atoms with Crippen LogP contribution in [0.25, 0.3) is 0 Å². The largest absolute Gasteiger partial charge is 1.00 e. The van der Waals surface area contributed by atoms with E-state index in [-0.39, 0.29) is 5.48 Å². The predicted octanol–water partition coefficient (Wildman–Crippen LogP) is 0.204. The van der Waals surface area contributed by atoms with E-state index in [4.69, 9.17) is 0 Å². The Hall–Kier alpha value is -0.0800. The lowest BCUT2D eigenvalue weighted by molar-refractivity contribution is -0.849. The van der Waals surface area contributed by atoms with Crippen LogP contribution in [0.5, 0.6) is 0 Å². The molecule has 0 spiro atoms. The summed E-state index contributed by atoms with van der Waals surface area (Å²) >= 11 is 0. The van der Waals surface area contributed by atoms with Crippen molar-refractivity contribution in [3.8, 4) is 0 Å². The molecule has 6 heavy (non-hydrogen) atoms. The lowest BCUT2D eigenvalue weighted by Gasteiger charge is -2.14. The number of rotatable bonds is 0. The molecule has 0 heterocycles. The molecule has 0 saturated carbocycles. The fraction of sp³-hybridized carbons (Fsp3) is 1.00. The lowest BCUT2D eigenvalue weighted by Crippen LogP contribution is -2.27. The van der Waals surface area contributed by atoms with Crippen molar-refractivity contribution in [1.29, 1.82) is 0 Å². The molecule has 0 fully saturated rings. The van der Waals surface area contributed by atoms with Crippen LogP contribution in [0.4, 0.5) is 0 Å². The van der Waals surface area contributed by atoms with Gasteiger partial charge in [0.2, 0.25) is 0 Å². The molecule has 0 aliphatic carbocycles. The minimum Gasteiger partial charge on any atom is -1.00 e. The molecule has 0 aromatic rings. The van der Waals surface area contributed by atoms with E-state index < -0.39 is 0 Å². The summed E-state index contributed by atoms with van der Waals surface area (Å²) in [5.41, 5.74) is 0. The average Bonchev–Trinajstić information content (AvgIpc) is 0.722. The van der Waals surface area contributed by atoms with Crippen LogP contribution < -0.4 is 0 Å². The molecule has 2 nitrogen and oxygen atoms in total. The summed E-state index contributed by atoms with van der Waals surface area (Å²) in [5, 5.41) is 0. The van der Waals surface area contributed by atoms with Gasteiger partial charge in [-0.2, -0.15) is 0 Å². The second kappa shape index (κ2) is 2.16. The number of nitrogens with zero attached hydrogens (tertiary/aromatic N) is 1. The van der Waals surface area contributed by atoms with E-state index in [2.05, 4.69) is 28.2 Å². The molecular weight excluding hydrogens is 78.0 g/mol. The normalized spacial score (nSPS) is 10.0. The van der Waals surface area contributed by atoms with Gasteiger partial charge in [0.1, 0.15) is 0 Å². The van der Waals surface area contributed by atoms with Gasteiger partial charge in [0.05, 0.1) is 28.2 Å². The fourth-order valence-corrected chi connectivity index (χ4v) is 0. The molecule has 0 saturated heterocycles. The van der Waals surface area contributed by atoms with Gasteiger partial charge in [-0.1, -0.05) is 0 Å². The minimum atomic E-state index is 0. The zero-order valence-electron chi connectivity index (χ0n) is 4.86. The molecular formula is C4H12NO. The van der Waals surface area contributed by atoms with E-state index in [1.165, 1.54) is 0 Å². The molecule has 0 N–H and O–H groups in total. The van der Waals surface area contributed by atoms with Gasteiger partial charge in [0, 0.05) is 0 Å². The van der Waals surface area contributed by atoms with E-state index in [0.717, 1.165) is 4.48 Å². The second-order valence-corrected chi connectivity index (χ2v) is 2.68. The Morgan fingerprint density at radius 2 is 0.833 bits per heavy atom. The molecule has 0 aliphatic rings. The molecule has 0 atom stereocenters. The van der Waals surface area contributed by atoms with Crippen molar-refractivity contribution in [3.05, 3.63) is 0 Å². The third-order valence-corrected chi connectivity index (χ3v) is 0. The van der Waals surface area contributed by atoms with Crippen LogP contribution in [0.3, 0.4) is 0 Å². The van der Waals surface area contributed by atoms with E-state index in [0.29, 0.717) is 0 Å². The minimum absolute atomic E-state index is 0. The van der Waals surface area contributed by atoms with Gasteiger partial charge >= 0.3 is 0 Å². The summed E-state index contributed by atoms with van der Waals surface area (Å²) in [5.74, 6) is 0. The first-order valence-electron chi connectivity index (χ1n) is 1.79. The molecule has 0 amide bonds. The molecule has 0 bridgehead atoms. The van der Waals surface area contributed by atoms with Crippen LogP contribution in [0.15, 0.2) is 0 Å². The number of hydrogen-bond donors (Lipinski definition) is 0. The summed E-state index contributed by atoms with van der Waals surface area (Å²) in [6.07, 6.45) is 0. The quantitative estimate of drug-likeness (QED) is 0.380. The van der Waals surface area contributed by atoms with E-state index >= 15 is 0 Å². The summed E-state index contributed by atoms with van der Waals surface area (Å²) in [7, 11) is 8.50. The molecule has 0 aromatic carbocycles. The van der Waals surface area contributed by atoms with Crippen LogP contribution in [0.1, 0.15) is 0 Å². The van der Waals surface area contributed by atoms with Crippen LogP contribution in [0.2, 0.25) is 0 Å². The molecule has 0 unspecified atom stereocenters. The molecule has 39 valence electrons. The van der Waals surface area contributed by atoms with Crippen molar-refractivity contribution in [3.63, 3.8) is 0 Å². The zero-order valence-corrected chi connectivity index (χ0v) is 4.86. The first-order valence-corrected chi connectivity index (χ1v) is 1.79. The maximum atomic E-state index is 2.12. The Morgan fingerprint density at radius 3 is 0.833 bits per heavy atom. The van der Waals surface area contributed by atoms with Gasteiger partial charge < -0.3 is 9.96 Å². The van der Waals surface area contributed by atoms with Crippen molar-refractivity contribution in [2.24, 2.45) is 0 Å². The Bertz CT molecular complexity index is 23.0. The molecule has 0 rings (SSSR count). The number of quaternary nitrogens is 1. The standard InChI is InChI=1S/C4H12N.O/c1-5(2,3)4;/h1-4H3;/q+1;-1. The predicted molar refractivity (Wildman–Crippen MR) is 24.6 cm³/mol. The third kappa shape index (κ3) is 5220. The lowest BCUT2D eigenvalue weighted by atomic mass is 10.8. The van der Waals surface area contributed by atoms with Gasteiger partial charge in [-0.3, -0.25) is 0 Å². The van der Waals surface area contributed by atoms with Crippen LogP contribution in [-0.4, -0.2) is 32.7 Å². The maximum absolute atomic E-state index is 2.12. The molecule has 1 radical (unpaired) electrons. The van der Waals surface area contributed by atoms with Gasteiger partial charge in [0.15, 0.2) is 0 Å². The van der Waals surface area contributed by atoms with Gasteiger partial charge in [-0.05, 0) is 0 Å². The molecule has 0 aliphatic heterocycles. The highest BCUT2D eigenvalue weighted by Gasteiger charge is 1.88. The highest BCUT2D eigenvalue weighted by atomic mass is 16.0. The fourth-order valence-electron chi connectivity index (χ4n) is 0. The monoisotopic (exact) mass is 90.1 g/mol. The summed E-state index contributed by atoms with van der Waals surface area (Å²) in [4.78, 5) is 0. The zero-order chi connectivity index (χ0) is 4.50. The van der Waals surface area contributed by atoms with Crippen LogP contribution in [0, 0.1) is 0 Å². The highest BCUT2D eigenvalue weighted by Crippen LogP contribution is 1.73. The Balaban J connectivity index is 0. The summed E-state index contributed by atoms with van der Waals surface area (Å²) in [6, 6.07) is 0. The van der Waals surface area contributed by atoms with E-state index in [1.54, 1.807) is 0 Å². The van der Waals surface area contributed by atoms with Crippen LogP contribution >= 0.6 is 0 Å². The van der Waals surface area contributed by atoms with Crippen molar-refractivity contribution in [1.82, 2.24) is 0 Å². The Labute approximate surface area is 39.3 Å². The van der Waals surface area contributed by atoms with Gasteiger partial charge in [-0.25, -0.2) is 0 Å². The molecule has 0 aromatic heterocycles. The third-order valence-electron chi connectivity index (χ3n) is 0. The van der Waals surface area contributed by atoms with Gasteiger partial charge in [-0.15, -0.1) is 0 Å². The average molecular weight is 90.1 g/mol. The number of hydrogen-bond acceptors (Lipinski definition) is 1. The SMILES string of the molecule is C[N+](C)(C)C.[O-]. The van der Waals surface area contributed by atoms with E-state index in [1.807, 2.05) is 0 Å². The molecule has 2 heteroatoms.